The van der Waals surface area contributed by atoms with Gasteiger partial charge in [-0.05, 0) is 17.9 Å². The summed E-state index contributed by atoms with van der Waals surface area (Å²) in [5.74, 6) is 0. The zero-order valence-electron chi connectivity index (χ0n) is 12.5. The van der Waals surface area contributed by atoms with Gasteiger partial charge in [0.1, 0.15) is 0 Å². The Kier molecular flexibility index (Phi) is 19.1. The van der Waals surface area contributed by atoms with E-state index in [1.807, 2.05) is 13.8 Å². The number of hydrogen-bond acceptors (Lipinski definition) is 2. The molecule has 1 aromatic carbocycles. The van der Waals surface area contributed by atoms with Crippen LogP contribution in [0.1, 0.15) is 47.1 Å². The van der Waals surface area contributed by atoms with Crippen molar-refractivity contribution < 1.29 is 10.2 Å². The Labute approximate surface area is 107 Å². The average Bonchev–Trinajstić information content (AvgIpc) is 2.35. The molecule has 1 rings (SSSR count). The van der Waals surface area contributed by atoms with E-state index in [2.05, 4.69) is 51.1 Å². The molecule has 0 bridgehead atoms. The summed E-state index contributed by atoms with van der Waals surface area (Å²) in [7, 11) is 1.00. The van der Waals surface area contributed by atoms with Crippen molar-refractivity contribution in [1.82, 2.24) is 0 Å². The molecule has 0 fully saturated rings. The van der Waals surface area contributed by atoms with Crippen LogP contribution in [-0.4, -0.2) is 23.9 Å². The van der Waals surface area contributed by atoms with Crippen molar-refractivity contribution in [3.05, 3.63) is 35.9 Å². The van der Waals surface area contributed by atoms with Gasteiger partial charge in [0.25, 0.3) is 0 Å². The van der Waals surface area contributed by atoms with Gasteiger partial charge in [-0.1, -0.05) is 65.0 Å². The summed E-state index contributed by atoms with van der Waals surface area (Å²) < 4.78 is 0. The standard InChI is InChI=1S/C10H14.C2H6O.C2H6.CH4O/c1-10(2,3)9-7-5-4-6-8-9;1-2-3;2*1-2/h4-8H,1-3H3;3H,2H2,1H3;1-2H3;2H,1H3. The fraction of sp³-hybridized carbons (Fsp3) is 0.600. The SMILES string of the molecule is CC.CC(C)(C)c1ccccc1.CCO.CO. The zero-order chi connectivity index (χ0) is 14.3. The summed E-state index contributed by atoms with van der Waals surface area (Å²) >= 11 is 0. The molecule has 0 spiro atoms. The molecule has 2 N–H and O–H groups in total. The highest BCUT2D eigenvalue weighted by Crippen LogP contribution is 2.20. The maximum Gasteiger partial charge on any atom is 0.0402 e. The first-order valence-electron chi connectivity index (χ1n) is 6.13. The van der Waals surface area contributed by atoms with Crippen molar-refractivity contribution in [2.75, 3.05) is 13.7 Å². The van der Waals surface area contributed by atoms with E-state index in [-0.39, 0.29) is 6.61 Å². The monoisotopic (exact) mass is 242 g/mol. The fourth-order valence-corrected chi connectivity index (χ4v) is 0.938. The fourth-order valence-electron chi connectivity index (χ4n) is 0.938. The topological polar surface area (TPSA) is 40.5 Å². The lowest BCUT2D eigenvalue weighted by atomic mass is 9.87. The van der Waals surface area contributed by atoms with Crippen LogP contribution in [0.3, 0.4) is 0 Å². The predicted octanol–water partition coefficient (Wildman–Crippen LogP) is 3.62. The van der Waals surface area contributed by atoms with Gasteiger partial charge in [-0.15, -0.1) is 0 Å². The highest BCUT2D eigenvalue weighted by atomic mass is 16.2. The van der Waals surface area contributed by atoms with Gasteiger partial charge in [0, 0.05) is 13.7 Å². The zero-order valence-corrected chi connectivity index (χ0v) is 12.5. The second kappa shape index (κ2) is 15.1. The smallest absolute Gasteiger partial charge is 0.0402 e. The Morgan fingerprint density at radius 3 is 1.41 bits per heavy atom. The largest absolute Gasteiger partial charge is 0.400 e. The van der Waals surface area contributed by atoms with E-state index in [1.165, 1.54) is 5.56 Å². The van der Waals surface area contributed by atoms with E-state index in [1.54, 1.807) is 6.92 Å². The molecule has 0 aliphatic heterocycles. The van der Waals surface area contributed by atoms with Crippen molar-refractivity contribution in [2.45, 2.75) is 47.0 Å². The van der Waals surface area contributed by atoms with Gasteiger partial charge < -0.3 is 10.2 Å². The number of aliphatic hydroxyl groups excluding tert-OH is 2. The molecule has 0 aromatic heterocycles. The molecule has 0 saturated heterocycles. The minimum absolute atomic E-state index is 0.250. The molecular weight excluding hydrogens is 212 g/mol. The van der Waals surface area contributed by atoms with Crippen molar-refractivity contribution in [3.8, 4) is 0 Å². The van der Waals surface area contributed by atoms with Gasteiger partial charge in [0.15, 0.2) is 0 Å². The van der Waals surface area contributed by atoms with Gasteiger partial charge in [0.05, 0.1) is 0 Å². The molecule has 0 amide bonds. The predicted molar refractivity (Wildman–Crippen MR) is 77.4 cm³/mol. The van der Waals surface area contributed by atoms with Crippen LogP contribution < -0.4 is 0 Å². The first-order valence-corrected chi connectivity index (χ1v) is 6.13. The Balaban J connectivity index is -0.000000239. The first-order chi connectivity index (χ1) is 8.02. The van der Waals surface area contributed by atoms with E-state index in [0.29, 0.717) is 5.41 Å². The number of benzene rings is 1. The molecule has 0 radical (unpaired) electrons. The number of hydrogen-bond donors (Lipinski definition) is 2. The summed E-state index contributed by atoms with van der Waals surface area (Å²) in [4.78, 5) is 0. The van der Waals surface area contributed by atoms with Crippen LogP contribution in [0.4, 0.5) is 0 Å². The molecule has 17 heavy (non-hydrogen) atoms. The van der Waals surface area contributed by atoms with Crippen molar-refractivity contribution in [2.24, 2.45) is 0 Å². The molecule has 0 atom stereocenters. The second-order valence-electron chi connectivity index (χ2n) is 3.93. The minimum atomic E-state index is 0.250. The minimum Gasteiger partial charge on any atom is -0.400 e. The van der Waals surface area contributed by atoms with Crippen LogP contribution in [0.5, 0.6) is 0 Å². The highest BCUT2D eigenvalue weighted by molar-refractivity contribution is 5.21. The Hall–Kier alpha value is -0.860. The van der Waals surface area contributed by atoms with Crippen LogP contribution >= 0.6 is 0 Å². The molecule has 0 aliphatic carbocycles. The van der Waals surface area contributed by atoms with E-state index in [0.717, 1.165) is 7.11 Å². The summed E-state index contributed by atoms with van der Waals surface area (Å²) in [6, 6.07) is 10.6. The van der Waals surface area contributed by atoms with E-state index in [9.17, 15) is 0 Å². The average molecular weight is 242 g/mol. The lowest BCUT2D eigenvalue weighted by Crippen LogP contribution is -2.10. The third kappa shape index (κ3) is 15.1. The third-order valence-corrected chi connectivity index (χ3v) is 1.64. The second-order valence-corrected chi connectivity index (χ2v) is 3.93. The van der Waals surface area contributed by atoms with Gasteiger partial charge in [-0.3, -0.25) is 0 Å². The molecule has 0 aliphatic rings. The summed E-state index contributed by atoms with van der Waals surface area (Å²) in [6.45, 7) is 12.6. The highest BCUT2D eigenvalue weighted by Gasteiger charge is 2.11. The molecule has 2 heteroatoms. The molecule has 102 valence electrons. The lowest BCUT2D eigenvalue weighted by molar-refractivity contribution is 0.318. The van der Waals surface area contributed by atoms with Gasteiger partial charge in [-0.2, -0.15) is 0 Å². The maximum atomic E-state index is 7.57. The van der Waals surface area contributed by atoms with Crippen LogP contribution in [0.25, 0.3) is 0 Å². The molecule has 1 aromatic rings. The molecule has 0 unspecified atom stereocenters. The normalized spacial score (nSPS) is 8.53. The lowest BCUT2D eigenvalue weighted by Gasteiger charge is -2.18. The van der Waals surface area contributed by atoms with Gasteiger partial charge >= 0.3 is 0 Å². The summed E-state index contributed by atoms with van der Waals surface area (Å²) in [5, 5.41) is 14.6. The third-order valence-electron chi connectivity index (χ3n) is 1.64. The Morgan fingerprint density at radius 2 is 1.24 bits per heavy atom. The summed E-state index contributed by atoms with van der Waals surface area (Å²) in [6.07, 6.45) is 0. The van der Waals surface area contributed by atoms with E-state index < -0.39 is 0 Å². The number of aliphatic hydroxyl groups is 2. The Bertz CT molecular complexity index is 212. The van der Waals surface area contributed by atoms with Gasteiger partial charge in [0.2, 0.25) is 0 Å². The van der Waals surface area contributed by atoms with Crippen LogP contribution in [-0.2, 0) is 5.41 Å². The van der Waals surface area contributed by atoms with Crippen molar-refractivity contribution in [1.29, 1.82) is 0 Å². The molecule has 0 heterocycles. The molecule has 2 nitrogen and oxygen atoms in total. The van der Waals surface area contributed by atoms with E-state index >= 15 is 0 Å². The van der Waals surface area contributed by atoms with Crippen LogP contribution in [0, 0.1) is 0 Å². The van der Waals surface area contributed by atoms with Crippen molar-refractivity contribution in [3.63, 3.8) is 0 Å². The van der Waals surface area contributed by atoms with Crippen LogP contribution in [0.2, 0.25) is 0 Å². The molecule has 0 saturated carbocycles. The molecular formula is C15H30O2. The summed E-state index contributed by atoms with van der Waals surface area (Å²) in [5.41, 5.74) is 1.69. The van der Waals surface area contributed by atoms with E-state index in [4.69, 9.17) is 10.2 Å². The quantitative estimate of drug-likeness (QED) is 0.729. The maximum absolute atomic E-state index is 7.57. The Morgan fingerprint density at radius 1 is 0.941 bits per heavy atom. The first kappa shape index (κ1) is 21.4. The van der Waals surface area contributed by atoms with Crippen LogP contribution in [0.15, 0.2) is 30.3 Å². The van der Waals surface area contributed by atoms with Crippen molar-refractivity contribution >= 4 is 0 Å². The van der Waals surface area contributed by atoms with Gasteiger partial charge in [-0.25, -0.2) is 0 Å². The number of rotatable bonds is 0.